The third-order valence-electron chi connectivity index (χ3n) is 3.86. The van der Waals surface area contributed by atoms with E-state index >= 15 is 0 Å². The molecular formula is C23H30N2O4. The normalized spacial score (nSPS) is 10.9. The van der Waals surface area contributed by atoms with Crippen molar-refractivity contribution in [2.45, 2.75) is 46.6 Å². The molecule has 0 aliphatic carbocycles. The van der Waals surface area contributed by atoms with Gasteiger partial charge in [-0.25, -0.2) is 0 Å². The molecule has 0 aromatic heterocycles. The highest BCUT2D eigenvalue weighted by Crippen LogP contribution is 2.29. The molecule has 0 unspecified atom stereocenters. The van der Waals surface area contributed by atoms with Crippen LogP contribution < -0.4 is 20.1 Å². The van der Waals surface area contributed by atoms with Crippen molar-refractivity contribution in [3.8, 4) is 11.5 Å². The number of hydrogen-bond acceptors (Lipinski definition) is 4. The van der Waals surface area contributed by atoms with Crippen molar-refractivity contribution in [2.24, 2.45) is 0 Å². The van der Waals surface area contributed by atoms with Gasteiger partial charge in [-0.15, -0.1) is 0 Å². The Balaban J connectivity index is 2.09. The molecule has 156 valence electrons. The van der Waals surface area contributed by atoms with Crippen LogP contribution in [0.3, 0.4) is 0 Å². The van der Waals surface area contributed by atoms with Gasteiger partial charge < -0.3 is 20.1 Å². The molecule has 0 heterocycles. The van der Waals surface area contributed by atoms with E-state index in [4.69, 9.17) is 9.47 Å². The average Bonchev–Trinajstić information content (AvgIpc) is 2.66. The van der Waals surface area contributed by atoms with Crippen LogP contribution in [0.1, 0.15) is 61.8 Å². The molecule has 0 saturated carbocycles. The quantitative estimate of drug-likeness (QED) is 0.678. The van der Waals surface area contributed by atoms with Crippen LogP contribution in [0.5, 0.6) is 11.5 Å². The number of amides is 2. The van der Waals surface area contributed by atoms with Crippen LogP contribution in [-0.4, -0.2) is 30.6 Å². The van der Waals surface area contributed by atoms with Crippen molar-refractivity contribution in [1.82, 2.24) is 5.32 Å². The second kappa shape index (κ2) is 9.96. The summed E-state index contributed by atoms with van der Waals surface area (Å²) < 4.78 is 11.3. The van der Waals surface area contributed by atoms with Crippen LogP contribution in [0.15, 0.2) is 42.5 Å². The van der Waals surface area contributed by atoms with E-state index in [0.717, 1.165) is 6.42 Å². The predicted molar refractivity (Wildman–Crippen MR) is 115 cm³/mol. The lowest BCUT2D eigenvalue weighted by atomic mass is 10.1. The lowest BCUT2D eigenvalue weighted by molar-refractivity contribution is 0.0919. The minimum atomic E-state index is -0.310. The van der Waals surface area contributed by atoms with Gasteiger partial charge in [0.1, 0.15) is 0 Å². The van der Waals surface area contributed by atoms with Gasteiger partial charge in [-0.1, -0.05) is 6.92 Å². The van der Waals surface area contributed by atoms with E-state index in [9.17, 15) is 9.59 Å². The lowest BCUT2D eigenvalue weighted by Crippen LogP contribution is -2.40. The SMILES string of the molecule is CCCOc1ccc(C(=O)Nc2ccc(C(=O)NC(C)(C)C)cc2)cc1OCC. The fourth-order valence-corrected chi connectivity index (χ4v) is 2.57. The number of carbonyl (C=O) groups excluding carboxylic acids is 2. The van der Waals surface area contributed by atoms with Crippen molar-refractivity contribution < 1.29 is 19.1 Å². The second-order valence-corrected chi connectivity index (χ2v) is 7.68. The van der Waals surface area contributed by atoms with Crippen LogP contribution in [0.25, 0.3) is 0 Å². The first-order valence-electron chi connectivity index (χ1n) is 9.87. The summed E-state index contributed by atoms with van der Waals surface area (Å²) in [7, 11) is 0. The van der Waals surface area contributed by atoms with E-state index in [2.05, 4.69) is 10.6 Å². The maximum absolute atomic E-state index is 12.6. The van der Waals surface area contributed by atoms with Crippen molar-refractivity contribution in [2.75, 3.05) is 18.5 Å². The minimum absolute atomic E-state index is 0.153. The average molecular weight is 399 g/mol. The maximum Gasteiger partial charge on any atom is 0.255 e. The van der Waals surface area contributed by atoms with Crippen LogP contribution in [0, 0.1) is 0 Å². The zero-order valence-corrected chi connectivity index (χ0v) is 17.8. The summed E-state index contributed by atoms with van der Waals surface area (Å²) in [6, 6.07) is 11.9. The zero-order chi connectivity index (χ0) is 21.4. The predicted octanol–water partition coefficient (Wildman–Crippen LogP) is 4.65. The molecular weight excluding hydrogens is 368 g/mol. The standard InChI is InChI=1S/C23H30N2O4/c1-6-14-29-19-13-10-17(15-20(19)28-7-2)21(26)24-18-11-8-16(9-12-18)22(27)25-23(3,4)5/h8-13,15H,6-7,14H2,1-5H3,(H,24,26)(H,25,27). The van der Waals surface area contributed by atoms with E-state index < -0.39 is 0 Å². The molecule has 6 nitrogen and oxygen atoms in total. The van der Waals surface area contributed by atoms with Gasteiger partial charge in [-0.3, -0.25) is 9.59 Å². The number of rotatable bonds is 8. The first kappa shape index (κ1) is 22.3. The van der Waals surface area contributed by atoms with Gasteiger partial charge in [-0.05, 0) is 76.6 Å². The summed E-state index contributed by atoms with van der Waals surface area (Å²) in [5.74, 6) is 0.751. The van der Waals surface area contributed by atoms with E-state index in [1.807, 2.05) is 34.6 Å². The van der Waals surface area contributed by atoms with Crippen molar-refractivity contribution in [3.63, 3.8) is 0 Å². The minimum Gasteiger partial charge on any atom is -0.490 e. The Bertz CT molecular complexity index is 839. The lowest BCUT2D eigenvalue weighted by Gasteiger charge is -2.20. The summed E-state index contributed by atoms with van der Waals surface area (Å²) in [5.41, 5.74) is 1.29. The van der Waals surface area contributed by atoms with Crippen molar-refractivity contribution in [3.05, 3.63) is 53.6 Å². The molecule has 2 aromatic carbocycles. The molecule has 0 spiro atoms. The molecule has 29 heavy (non-hydrogen) atoms. The fraction of sp³-hybridized carbons (Fsp3) is 0.391. The Morgan fingerprint density at radius 3 is 2.10 bits per heavy atom. The van der Waals surface area contributed by atoms with Gasteiger partial charge >= 0.3 is 0 Å². The van der Waals surface area contributed by atoms with Crippen molar-refractivity contribution in [1.29, 1.82) is 0 Å². The summed E-state index contributed by atoms with van der Waals surface area (Å²) >= 11 is 0. The largest absolute Gasteiger partial charge is 0.490 e. The summed E-state index contributed by atoms with van der Waals surface area (Å²) in [4.78, 5) is 24.8. The van der Waals surface area contributed by atoms with Crippen molar-refractivity contribution >= 4 is 17.5 Å². The first-order chi connectivity index (χ1) is 13.7. The van der Waals surface area contributed by atoms with Crippen LogP contribution >= 0.6 is 0 Å². The number of benzene rings is 2. The highest BCUT2D eigenvalue weighted by molar-refractivity contribution is 6.05. The number of carbonyl (C=O) groups is 2. The van der Waals surface area contributed by atoms with E-state index in [-0.39, 0.29) is 17.4 Å². The van der Waals surface area contributed by atoms with Gasteiger partial charge in [-0.2, -0.15) is 0 Å². The highest BCUT2D eigenvalue weighted by Gasteiger charge is 2.16. The molecule has 0 saturated heterocycles. The third-order valence-corrected chi connectivity index (χ3v) is 3.86. The topological polar surface area (TPSA) is 76.7 Å². The molecule has 2 rings (SSSR count). The Kier molecular flexibility index (Phi) is 7.65. The number of hydrogen-bond donors (Lipinski definition) is 2. The summed E-state index contributed by atoms with van der Waals surface area (Å²) in [6.07, 6.45) is 0.886. The molecule has 0 bridgehead atoms. The number of nitrogens with one attached hydrogen (secondary N) is 2. The Morgan fingerprint density at radius 1 is 0.862 bits per heavy atom. The Labute approximate surface area is 172 Å². The van der Waals surface area contributed by atoms with Gasteiger partial charge in [0.2, 0.25) is 0 Å². The Morgan fingerprint density at radius 2 is 1.52 bits per heavy atom. The van der Waals surface area contributed by atoms with Gasteiger partial charge in [0, 0.05) is 22.4 Å². The molecule has 2 N–H and O–H groups in total. The van der Waals surface area contributed by atoms with Gasteiger partial charge in [0.15, 0.2) is 11.5 Å². The molecule has 2 aromatic rings. The highest BCUT2D eigenvalue weighted by atomic mass is 16.5. The monoisotopic (exact) mass is 398 g/mol. The molecule has 0 aliphatic rings. The van der Waals surface area contributed by atoms with Gasteiger partial charge in [0.05, 0.1) is 13.2 Å². The number of anilines is 1. The smallest absolute Gasteiger partial charge is 0.255 e. The van der Waals surface area contributed by atoms with Crippen LogP contribution in [0.2, 0.25) is 0 Å². The van der Waals surface area contributed by atoms with E-state index in [1.54, 1.807) is 42.5 Å². The summed E-state index contributed by atoms with van der Waals surface area (Å²) in [5, 5.41) is 5.74. The Hall–Kier alpha value is -3.02. The van der Waals surface area contributed by atoms with Crippen LogP contribution in [0.4, 0.5) is 5.69 Å². The fourth-order valence-electron chi connectivity index (χ4n) is 2.57. The van der Waals surface area contributed by atoms with E-state index in [0.29, 0.717) is 41.5 Å². The molecule has 2 amide bonds. The zero-order valence-electron chi connectivity index (χ0n) is 17.8. The molecule has 6 heteroatoms. The molecule has 0 fully saturated rings. The maximum atomic E-state index is 12.6. The molecule has 0 aliphatic heterocycles. The van der Waals surface area contributed by atoms with Crippen LogP contribution in [-0.2, 0) is 0 Å². The van der Waals surface area contributed by atoms with Gasteiger partial charge in [0.25, 0.3) is 11.8 Å². The second-order valence-electron chi connectivity index (χ2n) is 7.68. The molecule has 0 radical (unpaired) electrons. The van der Waals surface area contributed by atoms with E-state index in [1.165, 1.54) is 0 Å². The summed E-state index contributed by atoms with van der Waals surface area (Å²) in [6.45, 7) is 10.7. The first-order valence-corrected chi connectivity index (χ1v) is 9.87. The molecule has 0 atom stereocenters. The third kappa shape index (κ3) is 6.82. The number of ether oxygens (including phenoxy) is 2.